The Balaban J connectivity index is 1.56. The topological polar surface area (TPSA) is 68.3 Å². The van der Waals surface area contributed by atoms with Crippen molar-refractivity contribution >= 4 is 28.3 Å². The van der Waals surface area contributed by atoms with Crippen LogP contribution in [0.1, 0.15) is 12.5 Å². The normalized spacial score (nSPS) is 11.7. The molecule has 9 heteroatoms. The third-order valence-corrected chi connectivity index (χ3v) is 4.65. The summed E-state index contributed by atoms with van der Waals surface area (Å²) >= 11 is 1.09. The zero-order valence-electron chi connectivity index (χ0n) is 15.1. The van der Waals surface area contributed by atoms with Crippen LogP contribution in [-0.4, -0.2) is 23.0 Å². The molecule has 1 heterocycles. The number of hydrogen-bond acceptors (Lipinski definition) is 5. The van der Waals surface area contributed by atoms with E-state index >= 15 is 0 Å². The Labute approximate surface area is 168 Å². The number of nitrogens with zero attached hydrogens (tertiary/aromatic N) is 1. The SMILES string of the molecule is C[C@H](OC(=O)Cc1ccc(F)cc1)C(=O)Nc1nc(-c2ccc(F)c(F)c2)cs1. The molecule has 2 aromatic carbocycles. The first kappa shape index (κ1) is 20.5. The van der Waals surface area contributed by atoms with Gasteiger partial charge in [0.2, 0.25) is 0 Å². The van der Waals surface area contributed by atoms with E-state index < -0.39 is 35.4 Å². The minimum absolute atomic E-state index is 0.102. The quantitative estimate of drug-likeness (QED) is 0.603. The van der Waals surface area contributed by atoms with Crippen molar-refractivity contribution in [1.82, 2.24) is 4.98 Å². The van der Waals surface area contributed by atoms with Crippen LogP contribution in [0.2, 0.25) is 0 Å². The van der Waals surface area contributed by atoms with E-state index in [0.29, 0.717) is 16.8 Å². The first-order valence-electron chi connectivity index (χ1n) is 8.47. The number of halogens is 3. The first-order valence-corrected chi connectivity index (χ1v) is 9.35. The lowest BCUT2D eigenvalue weighted by Crippen LogP contribution is -2.30. The van der Waals surface area contributed by atoms with Crippen molar-refractivity contribution in [1.29, 1.82) is 0 Å². The molecule has 0 radical (unpaired) electrons. The van der Waals surface area contributed by atoms with Crippen molar-refractivity contribution in [3.05, 3.63) is 70.9 Å². The van der Waals surface area contributed by atoms with Crippen molar-refractivity contribution < 1.29 is 27.5 Å². The zero-order chi connectivity index (χ0) is 21.0. The Morgan fingerprint density at radius 2 is 1.83 bits per heavy atom. The molecule has 3 aromatic rings. The summed E-state index contributed by atoms with van der Waals surface area (Å²) in [4.78, 5) is 28.3. The van der Waals surface area contributed by atoms with Crippen LogP contribution in [0, 0.1) is 17.5 Å². The van der Waals surface area contributed by atoms with Crippen LogP contribution in [0.3, 0.4) is 0 Å². The van der Waals surface area contributed by atoms with Crippen LogP contribution >= 0.6 is 11.3 Å². The van der Waals surface area contributed by atoms with Crippen LogP contribution < -0.4 is 5.32 Å². The number of amides is 1. The second-order valence-electron chi connectivity index (χ2n) is 6.09. The van der Waals surface area contributed by atoms with Crippen molar-refractivity contribution in [2.75, 3.05) is 5.32 Å². The molecule has 0 spiro atoms. The van der Waals surface area contributed by atoms with Gasteiger partial charge in [0.15, 0.2) is 22.9 Å². The van der Waals surface area contributed by atoms with E-state index in [-0.39, 0.29) is 11.6 Å². The predicted octanol–water partition coefficient (Wildman–Crippen LogP) is 4.34. The van der Waals surface area contributed by atoms with E-state index in [2.05, 4.69) is 10.3 Å². The minimum atomic E-state index is -1.08. The molecule has 3 rings (SSSR count). The largest absolute Gasteiger partial charge is 0.452 e. The molecule has 0 aliphatic carbocycles. The molecule has 0 fully saturated rings. The van der Waals surface area contributed by atoms with Crippen LogP contribution in [0.5, 0.6) is 0 Å². The van der Waals surface area contributed by atoms with Gasteiger partial charge in [-0.25, -0.2) is 18.2 Å². The fourth-order valence-electron chi connectivity index (χ4n) is 2.39. The average Bonchev–Trinajstić information content (AvgIpc) is 3.14. The standard InChI is InChI=1S/C20H15F3N2O3S/c1-11(28-18(26)8-12-2-5-14(21)6-3-12)19(27)25-20-24-17(10-29-20)13-4-7-15(22)16(23)9-13/h2-7,9-11H,8H2,1H3,(H,24,25,27)/t11-/m0/s1. The fourth-order valence-corrected chi connectivity index (χ4v) is 3.11. The van der Waals surface area contributed by atoms with Gasteiger partial charge in [-0.2, -0.15) is 0 Å². The highest BCUT2D eigenvalue weighted by Crippen LogP contribution is 2.26. The molecule has 29 heavy (non-hydrogen) atoms. The lowest BCUT2D eigenvalue weighted by Gasteiger charge is -2.12. The number of esters is 1. The maximum Gasteiger partial charge on any atom is 0.311 e. The number of carbonyl (C=O) groups is 2. The molecule has 1 N–H and O–H groups in total. The van der Waals surface area contributed by atoms with Crippen molar-refractivity contribution in [3.8, 4) is 11.3 Å². The van der Waals surface area contributed by atoms with Gasteiger partial charge in [-0.15, -0.1) is 11.3 Å². The summed E-state index contributed by atoms with van der Waals surface area (Å²) in [6.45, 7) is 1.40. The van der Waals surface area contributed by atoms with Gasteiger partial charge in [0.25, 0.3) is 5.91 Å². The highest BCUT2D eigenvalue weighted by Gasteiger charge is 2.19. The molecular weight excluding hydrogens is 405 g/mol. The summed E-state index contributed by atoms with van der Waals surface area (Å²) in [6.07, 6.45) is -1.19. The van der Waals surface area contributed by atoms with Gasteiger partial charge in [-0.1, -0.05) is 12.1 Å². The number of benzene rings is 2. The van der Waals surface area contributed by atoms with E-state index in [1.807, 2.05) is 0 Å². The Morgan fingerprint density at radius 1 is 1.10 bits per heavy atom. The number of anilines is 1. The molecule has 0 saturated carbocycles. The molecule has 0 aliphatic heterocycles. The smallest absolute Gasteiger partial charge is 0.311 e. The molecule has 150 valence electrons. The number of rotatable bonds is 6. The minimum Gasteiger partial charge on any atom is -0.452 e. The number of aromatic nitrogens is 1. The average molecular weight is 420 g/mol. The number of carbonyl (C=O) groups excluding carboxylic acids is 2. The Morgan fingerprint density at radius 3 is 2.52 bits per heavy atom. The predicted molar refractivity (Wildman–Crippen MR) is 102 cm³/mol. The lowest BCUT2D eigenvalue weighted by atomic mass is 10.1. The number of hydrogen-bond donors (Lipinski definition) is 1. The molecule has 0 bridgehead atoms. The van der Waals surface area contributed by atoms with Crippen molar-refractivity contribution in [2.24, 2.45) is 0 Å². The third kappa shape index (κ3) is 5.41. The van der Waals surface area contributed by atoms with E-state index in [1.54, 1.807) is 5.38 Å². The van der Waals surface area contributed by atoms with Crippen LogP contribution in [0.4, 0.5) is 18.3 Å². The molecule has 1 amide bonds. The van der Waals surface area contributed by atoms with Gasteiger partial charge in [-0.05, 0) is 42.8 Å². The van der Waals surface area contributed by atoms with Gasteiger partial charge >= 0.3 is 5.97 Å². The molecule has 0 aliphatic rings. The van der Waals surface area contributed by atoms with Gasteiger partial charge < -0.3 is 4.74 Å². The highest BCUT2D eigenvalue weighted by molar-refractivity contribution is 7.14. The van der Waals surface area contributed by atoms with E-state index in [4.69, 9.17) is 4.74 Å². The maximum atomic E-state index is 13.3. The molecule has 1 atom stereocenters. The van der Waals surface area contributed by atoms with Gasteiger partial charge in [-0.3, -0.25) is 14.9 Å². The molecule has 0 unspecified atom stereocenters. The van der Waals surface area contributed by atoms with Crippen LogP contribution in [-0.2, 0) is 20.7 Å². The molecule has 5 nitrogen and oxygen atoms in total. The number of thiazole rings is 1. The summed E-state index contributed by atoms with van der Waals surface area (Å²) < 4.78 is 44.3. The van der Waals surface area contributed by atoms with E-state index in [1.165, 1.54) is 37.3 Å². The van der Waals surface area contributed by atoms with Crippen LogP contribution in [0.15, 0.2) is 47.8 Å². The summed E-state index contributed by atoms with van der Waals surface area (Å²) in [5.74, 6) is -3.61. The number of ether oxygens (including phenoxy) is 1. The Bertz CT molecular complexity index is 1040. The monoisotopic (exact) mass is 420 g/mol. The maximum absolute atomic E-state index is 13.3. The Kier molecular flexibility index (Phi) is 6.28. The number of nitrogens with one attached hydrogen (secondary N) is 1. The van der Waals surface area contributed by atoms with Gasteiger partial charge in [0.1, 0.15) is 5.82 Å². The zero-order valence-corrected chi connectivity index (χ0v) is 15.9. The van der Waals surface area contributed by atoms with Crippen molar-refractivity contribution in [3.63, 3.8) is 0 Å². The first-order chi connectivity index (χ1) is 13.8. The van der Waals surface area contributed by atoms with E-state index in [9.17, 15) is 22.8 Å². The second-order valence-corrected chi connectivity index (χ2v) is 6.95. The molecular formula is C20H15F3N2O3S. The lowest BCUT2D eigenvalue weighted by molar-refractivity contribution is -0.152. The highest BCUT2D eigenvalue weighted by atomic mass is 32.1. The second kappa shape index (κ2) is 8.87. The summed E-state index contributed by atoms with van der Waals surface area (Å²) in [5.41, 5.74) is 1.28. The third-order valence-electron chi connectivity index (χ3n) is 3.89. The van der Waals surface area contributed by atoms with E-state index in [0.717, 1.165) is 23.5 Å². The van der Waals surface area contributed by atoms with Gasteiger partial charge in [0.05, 0.1) is 12.1 Å². The van der Waals surface area contributed by atoms with Gasteiger partial charge in [0, 0.05) is 10.9 Å². The summed E-state index contributed by atoms with van der Waals surface area (Å²) in [7, 11) is 0. The van der Waals surface area contributed by atoms with Crippen molar-refractivity contribution in [2.45, 2.75) is 19.4 Å². The Hall–Kier alpha value is -3.20. The summed E-state index contributed by atoms with van der Waals surface area (Å²) in [5, 5.41) is 4.30. The fraction of sp³-hybridized carbons (Fsp3) is 0.150. The molecule has 1 aromatic heterocycles. The van der Waals surface area contributed by atoms with Crippen LogP contribution in [0.25, 0.3) is 11.3 Å². The summed E-state index contributed by atoms with van der Waals surface area (Å²) in [6, 6.07) is 8.74. The molecule has 0 saturated heterocycles.